The van der Waals surface area contributed by atoms with Gasteiger partial charge in [0, 0.05) is 55.8 Å². The number of piperazine rings is 1. The van der Waals surface area contributed by atoms with Gasteiger partial charge in [-0.2, -0.15) is 0 Å². The minimum atomic E-state index is -0.185. The lowest BCUT2D eigenvalue weighted by molar-refractivity contribution is -0.135. The number of halogens is 2. The molecule has 2 aliphatic rings. The smallest absolute Gasteiger partial charge is 0.236 e. The second-order valence-corrected chi connectivity index (χ2v) is 7.20. The van der Waals surface area contributed by atoms with Crippen LogP contribution in [0.4, 0.5) is 4.39 Å². The van der Waals surface area contributed by atoms with Crippen LogP contribution < -0.4 is 0 Å². The predicted octanol–water partition coefficient (Wildman–Crippen LogP) is 1.56. The molecular formula is C17H23BrFN3O2. The van der Waals surface area contributed by atoms with E-state index in [1.807, 2.05) is 17.0 Å². The van der Waals surface area contributed by atoms with Gasteiger partial charge in [-0.15, -0.1) is 0 Å². The summed E-state index contributed by atoms with van der Waals surface area (Å²) in [7, 11) is 0. The topological polar surface area (TPSA) is 36.0 Å². The molecule has 24 heavy (non-hydrogen) atoms. The van der Waals surface area contributed by atoms with E-state index in [1.165, 1.54) is 6.07 Å². The van der Waals surface area contributed by atoms with E-state index < -0.39 is 0 Å². The van der Waals surface area contributed by atoms with Crippen molar-refractivity contribution in [3.05, 3.63) is 34.1 Å². The molecule has 2 fully saturated rings. The van der Waals surface area contributed by atoms with Gasteiger partial charge in [0.25, 0.3) is 0 Å². The summed E-state index contributed by atoms with van der Waals surface area (Å²) in [4.78, 5) is 18.7. The minimum absolute atomic E-state index is 0.185. The van der Waals surface area contributed by atoms with E-state index >= 15 is 0 Å². The van der Waals surface area contributed by atoms with Gasteiger partial charge in [0.2, 0.25) is 5.91 Å². The van der Waals surface area contributed by atoms with Gasteiger partial charge in [-0.05, 0) is 12.1 Å². The van der Waals surface area contributed by atoms with Crippen molar-refractivity contribution in [3.63, 3.8) is 0 Å². The first-order valence-electron chi connectivity index (χ1n) is 8.36. The molecule has 7 heteroatoms. The van der Waals surface area contributed by atoms with Gasteiger partial charge in [0.15, 0.2) is 0 Å². The number of rotatable bonds is 4. The van der Waals surface area contributed by atoms with Crippen molar-refractivity contribution in [2.24, 2.45) is 0 Å². The maximum atomic E-state index is 13.9. The zero-order valence-electron chi connectivity index (χ0n) is 13.7. The van der Waals surface area contributed by atoms with Crippen molar-refractivity contribution in [3.8, 4) is 0 Å². The molecule has 2 saturated heterocycles. The molecule has 0 spiro atoms. The third-order valence-electron chi connectivity index (χ3n) is 4.60. The van der Waals surface area contributed by atoms with Crippen LogP contribution in [0.3, 0.4) is 0 Å². The Balaban J connectivity index is 1.45. The molecule has 2 aliphatic heterocycles. The lowest BCUT2D eigenvalue weighted by Crippen LogP contribution is -2.52. The summed E-state index contributed by atoms with van der Waals surface area (Å²) in [5.74, 6) is 0.00145. The fraction of sp³-hybridized carbons (Fsp3) is 0.588. The maximum Gasteiger partial charge on any atom is 0.236 e. The van der Waals surface area contributed by atoms with Gasteiger partial charge in [0.1, 0.15) is 5.82 Å². The average Bonchev–Trinajstić information content (AvgIpc) is 2.59. The Morgan fingerprint density at radius 1 is 1.08 bits per heavy atom. The highest BCUT2D eigenvalue weighted by atomic mass is 79.9. The first-order chi connectivity index (χ1) is 11.6. The standard InChI is InChI=1S/C17H23BrFN3O2/c18-15-2-1-14(16(19)11-15)12-20-3-5-22(6-4-20)17(23)13-21-7-9-24-10-8-21/h1-2,11H,3-10,12-13H2. The lowest BCUT2D eigenvalue weighted by atomic mass is 10.2. The number of carbonyl (C=O) groups excluding carboxylic acids is 1. The maximum absolute atomic E-state index is 13.9. The van der Waals surface area contributed by atoms with Crippen molar-refractivity contribution in [1.29, 1.82) is 0 Å². The van der Waals surface area contributed by atoms with Gasteiger partial charge in [-0.25, -0.2) is 4.39 Å². The number of hydrogen-bond acceptors (Lipinski definition) is 4. The highest BCUT2D eigenvalue weighted by molar-refractivity contribution is 9.10. The number of carbonyl (C=O) groups is 1. The van der Waals surface area contributed by atoms with Crippen molar-refractivity contribution < 1.29 is 13.9 Å². The third kappa shape index (κ3) is 4.75. The molecule has 0 atom stereocenters. The van der Waals surface area contributed by atoms with E-state index in [2.05, 4.69) is 25.7 Å². The molecule has 5 nitrogen and oxygen atoms in total. The molecule has 132 valence electrons. The summed E-state index contributed by atoms with van der Waals surface area (Å²) in [5, 5.41) is 0. The Morgan fingerprint density at radius 2 is 1.79 bits per heavy atom. The van der Waals surface area contributed by atoms with Crippen LogP contribution in [0.5, 0.6) is 0 Å². The molecular weight excluding hydrogens is 377 g/mol. The van der Waals surface area contributed by atoms with Crippen molar-refractivity contribution in [1.82, 2.24) is 14.7 Å². The van der Waals surface area contributed by atoms with Crippen LogP contribution in [0.15, 0.2) is 22.7 Å². The minimum Gasteiger partial charge on any atom is -0.379 e. The van der Waals surface area contributed by atoms with Crippen LogP contribution in [0, 0.1) is 5.82 Å². The largest absolute Gasteiger partial charge is 0.379 e. The monoisotopic (exact) mass is 399 g/mol. The van der Waals surface area contributed by atoms with Crippen LogP contribution in [0.1, 0.15) is 5.56 Å². The first-order valence-corrected chi connectivity index (χ1v) is 9.15. The van der Waals surface area contributed by atoms with Crippen LogP contribution in [0.25, 0.3) is 0 Å². The number of ether oxygens (including phenoxy) is 1. The summed E-state index contributed by atoms with van der Waals surface area (Å²) in [6, 6.07) is 5.17. The fourth-order valence-electron chi connectivity index (χ4n) is 3.10. The highest BCUT2D eigenvalue weighted by Gasteiger charge is 2.23. The molecule has 1 amide bonds. The van der Waals surface area contributed by atoms with E-state index in [0.29, 0.717) is 45.0 Å². The van der Waals surface area contributed by atoms with Gasteiger partial charge in [-0.3, -0.25) is 14.6 Å². The summed E-state index contributed by atoms with van der Waals surface area (Å²) in [6.45, 7) is 7.12. The molecule has 0 aromatic heterocycles. The van der Waals surface area contributed by atoms with Crippen molar-refractivity contribution >= 4 is 21.8 Å². The lowest BCUT2D eigenvalue weighted by Gasteiger charge is -2.36. The van der Waals surface area contributed by atoms with Crippen molar-refractivity contribution in [2.75, 3.05) is 59.0 Å². The summed E-state index contributed by atoms with van der Waals surface area (Å²) >= 11 is 3.28. The number of benzene rings is 1. The normalized spacial score (nSPS) is 20.3. The van der Waals surface area contributed by atoms with E-state index in [-0.39, 0.29) is 11.7 Å². The molecule has 0 aliphatic carbocycles. The van der Waals surface area contributed by atoms with E-state index in [9.17, 15) is 9.18 Å². The molecule has 0 saturated carbocycles. The van der Waals surface area contributed by atoms with E-state index in [1.54, 1.807) is 0 Å². The summed E-state index contributed by atoms with van der Waals surface area (Å²) in [5.41, 5.74) is 0.700. The third-order valence-corrected chi connectivity index (χ3v) is 5.09. The number of amides is 1. The Labute approximate surface area is 150 Å². The van der Waals surface area contributed by atoms with Crippen molar-refractivity contribution in [2.45, 2.75) is 6.54 Å². The molecule has 0 unspecified atom stereocenters. The highest BCUT2D eigenvalue weighted by Crippen LogP contribution is 2.17. The van der Waals surface area contributed by atoms with E-state index in [0.717, 1.165) is 30.7 Å². The quantitative estimate of drug-likeness (QED) is 0.769. The molecule has 0 N–H and O–H groups in total. The van der Waals surface area contributed by atoms with Crippen LogP contribution >= 0.6 is 15.9 Å². The van der Waals surface area contributed by atoms with Gasteiger partial charge >= 0.3 is 0 Å². The Bertz CT molecular complexity index is 573. The fourth-order valence-corrected chi connectivity index (χ4v) is 3.43. The van der Waals surface area contributed by atoms with E-state index in [4.69, 9.17) is 4.74 Å². The Morgan fingerprint density at radius 3 is 2.46 bits per heavy atom. The molecule has 1 aromatic rings. The molecule has 3 rings (SSSR count). The second kappa shape index (κ2) is 8.38. The second-order valence-electron chi connectivity index (χ2n) is 6.28. The van der Waals surface area contributed by atoms with Crippen LogP contribution in [-0.2, 0) is 16.1 Å². The molecule has 0 radical (unpaired) electrons. The van der Waals surface area contributed by atoms with Gasteiger partial charge < -0.3 is 9.64 Å². The zero-order valence-corrected chi connectivity index (χ0v) is 15.3. The average molecular weight is 400 g/mol. The van der Waals surface area contributed by atoms with Crippen LogP contribution in [0.2, 0.25) is 0 Å². The SMILES string of the molecule is O=C(CN1CCOCC1)N1CCN(Cc2ccc(Br)cc2F)CC1. The number of hydrogen-bond donors (Lipinski definition) is 0. The number of nitrogens with zero attached hydrogens (tertiary/aromatic N) is 3. The zero-order chi connectivity index (χ0) is 16.9. The summed E-state index contributed by atoms with van der Waals surface area (Å²) in [6.07, 6.45) is 0. The molecule has 2 heterocycles. The molecule has 0 bridgehead atoms. The summed E-state index contributed by atoms with van der Waals surface area (Å²) < 4.78 is 20.0. The Hall–Kier alpha value is -1.02. The predicted molar refractivity (Wildman–Crippen MR) is 93.2 cm³/mol. The van der Waals surface area contributed by atoms with Crippen LogP contribution in [-0.4, -0.2) is 79.6 Å². The first kappa shape index (κ1) is 17.8. The molecule has 1 aromatic carbocycles. The van der Waals surface area contributed by atoms with Gasteiger partial charge in [0.05, 0.1) is 19.8 Å². The van der Waals surface area contributed by atoms with Gasteiger partial charge in [-0.1, -0.05) is 22.0 Å². The number of morpholine rings is 1. The Kier molecular flexibility index (Phi) is 6.21.